The standard InChI is InChI=1S/C18H22F2N4O2/c1-22-16(17(19)20)14(11-21-22)18(25)24-9-7-23(8-10-24)12-13-5-3-4-6-15(13)26-2/h3-6,11,17H,7-10,12H2,1-2H3. The van der Waals surface area contributed by atoms with Crippen LogP contribution in [-0.2, 0) is 13.6 Å². The van der Waals surface area contributed by atoms with Gasteiger partial charge in [0.1, 0.15) is 11.4 Å². The number of aromatic nitrogens is 2. The fourth-order valence-electron chi connectivity index (χ4n) is 3.22. The van der Waals surface area contributed by atoms with E-state index in [1.807, 2.05) is 24.3 Å². The molecule has 1 fully saturated rings. The zero-order chi connectivity index (χ0) is 18.7. The maximum atomic E-state index is 13.2. The van der Waals surface area contributed by atoms with Gasteiger partial charge in [-0.15, -0.1) is 0 Å². The summed E-state index contributed by atoms with van der Waals surface area (Å²) in [7, 11) is 3.06. The maximum Gasteiger partial charge on any atom is 0.280 e. The van der Waals surface area contributed by atoms with Crippen molar-refractivity contribution in [1.82, 2.24) is 19.6 Å². The Balaban J connectivity index is 1.63. The molecule has 6 nitrogen and oxygen atoms in total. The topological polar surface area (TPSA) is 50.6 Å². The van der Waals surface area contributed by atoms with E-state index in [0.717, 1.165) is 22.5 Å². The summed E-state index contributed by atoms with van der Waals surface area (Å²) >= 11 is 0. The first-order chi connectivity index (χ1) is 12.5. The summed E-state index contributed by atoms with van der Waals surface area (Å²) in [5.41, 5.74) is 0.745. The molecule has 0 bridgehead atoms. The number of methoxy groups -OCH3 is 1. The Morgan fingerprint density at radius 3 is 2.58 bits per heavy atom. The zero-order valence-electron chi connectivity index (χ0n) is 14.9. The summed E-state index contributed by atoms with van der Waals surface area (Å²) in [6.45, 7) is 3.06. The Kier molecular flexibility index (Phi) is 5.51. The lowest BCUT2D eigenvalue weighted by Crippen LogP contribution is -2.48. The minimum absolute atomic E-state index is 0.0133. The van der Waals surface area contributed by atoms with Gasteiger partial charge in [0.15, 0.2) is 0 Å². The Bertz CT molecular complexity index is 770. The number of para-hydroxylation sites is 1. The Morgan fingerprint density at radius 2 is 1.92 bits per heavy atom. The summed E-state index contributed by atoms with van der Waals surface area (Å²) in [6, 6.07) is 7.82. The SMILES string of the molecule is COc1ccccc1CN1CCN(C(=O)c2cnn(C)c2C(F)F)CC1. The molecule has 0 aliphatic carbocycles. The van der Waals surface area contributed by atoms with Gasteiger partial charge in [-0.05, 0) is 6.07 Å². The van der Waals surface area contributed by atoms with Gasteiger partial charge >= 0.3 is 0 Å². The van der Waals surface area contributed by atoms with E-state index in [0.29, 0.717) is 26.2 Å². The number of nitrogens with zero attached hydrogens (tertiary/aromatic N) is 4. The second-order valence-electron chi connectivity index (χ2n) is 6.25. The van der Waals surface area contributed by atoms with Crippen molar-refractivity contribution in [3.8, 4) is 5.75 Å². The lowest BCUT2D eigenvalue weighted by Gasteiger charge is -2.35. The highest BCUT2D eigenvalue weighted by molar-refractivity contribution is 5.95. The smallest absolute Gasteiger partial charge is 0.280 e. The molecule has 1 amide bonds. The Morgan fingerprint density at radius 1 is 1.23 bits per heavy atom. The highest BCUT2D eigenvalue weighted by Gasteiger charge is 2.28. The van der Waals surface area contributed by atoms with Crippen molar-refractivity contribution in [1.29, 1.82) is 0 Å². The van der Waals surface area contributed by atoms with E-state index in [2.05, 4.69) is 10.00 Å². The van der Waals surface area contributed by atoms with Crippen LogP contribution in [0.4, 0.5) is 8.78 Å². The molecule has 2 heterocycles. The third-order valence-corrected chi connectivity index (χ3v) is 4.67. The van der Waals surface area contributed by atoms with Crippen molar-refractivity contribution < 1.29 is 18.3 Å². The number of alkyl halides is 2. The number of piperazine rings is 1. The van der Waals surface area contributed by atoms with Crippen LogP contribution in [0, 0.1) is 0 Å². The van der Waals surface area contributed by atoms with Gasteiger partial charge in [-0.25, -0.2) is 8.78 Å². The number of hydrogen-bond acceptors (Lipinski definition) is 4. The monoisotopic (exact) mass is 364 g/mol. The lowest BCUT2D eigenvalue weighted by molar-refractivity contribution is 0.0616. The maximum absolute atomic E-state index is 13.2. The van der Waals surface area contributed by atoms with Crippen LogP contribution in [0.25, 0.3) is 0 Å². The quantitative estimate of drug-likeness (QED) is 0.817. The van der Waals surface area contributed by atoms with Crippen LogP contribution in [0.3, 0.4) is 0 Å². The fourth-order valence-corrected chi connectivity index (χ4v) is 3.22. The first-order valence-electron chi connectivity index (χ1n) is 8.44. The number of hydrogen-bond donors (Lipinski definition) is 0. The Hall–Kier alpha value is -2.48. The van der Waals surface area contributed by atoms with Gasteiger partial charge in [-0.1, -0.05) is 18.2 Å². The van der Waals surface area contributed by atoms with Gasteiger partial charge < -0.3 is 9.64 Å². The predicted molar refractivity (Wildman–Crippen MR) is 92.3 cm³/mol. The molecule has 140 valence electrons. The number of halogens is 2. The van der Waals surface area contributed by atoms with Gasteiger partial charge in [0.05, 0.1) is 18.9 Å². The van der Waals surface area contributed by atoms with E-state index in [4.69, 9.17) is 4.74 Å². The van der Waals surface area contributed by atoms with Crippen LogP contribution in [0.1, 0.15) is 28.0 Å². The molecular weight excluding hydrogens is 342 g/mol. The van der Waals surface area contributed by atoms with Crippen LogP contribution in [0.5, 0.6) is 5.75 Å². The third kappa shape index (κ3) is 3.70. The molecule has 1 saturated heterocycles. The molecule has 0 atom stereocenters. The first kappa shape index (κ1) is 18.3. The zero-order valence-corrected chi connectivity index (χ0v) is 14.9. The molecular formula is C18H22F2N4O2. The number of benzene rings is 1. The van der Waals surface area contributed by atoms with Gasteiger partial charge in [-0.3, -0.25) is 14.4 Å². The van der Waals surface area contributed by atoms with Crippen molar-refractivity contribution in [2.75, 3.05) is 33.3 Å². The van der Waals surface area contributed by atoms with Crippen LogP contribution >= 0.6 is 0 Å². The number of carbonyl (C=O) groups is 1. The molecule has 0 radical (unpaired) electrons. The van der Waals surface area contributed by atoms with Gasteiger partial charge in [0.2, 0.25) is 0 Å². The second kappa shape index (κ2) is 7.82. The number of rotatable bonds is 5. The van der Waals surface area contributed by atoms with Crippen molar-refractivity contribution in [2.45, 2.75) is 13.0 Å². The minimum atomic E-state index is -2.73. The molecule has 26 heavy (non-hydrogen) atoms. The summed E-state index contributed by atoms with van der Waals surface area (Å²) in [4.78, 5) is 16.4. The minimum Gasteiger partial charge on any atom is -0.496 e. The molecule has 1 aliphatic heterocycles. The molecule has 8 heteroatoms. The predicted octanol–water partition coefficient (Wildman–Crippen LogP) is 2.32. The molecule has 2 aromatic rings. The van der Waals surface area contributed by atoms with Gasteiger partial charge in [0, 0.05) is 45.3 Å². The number of carbonyl (C=O) groups excluding carboxylic acids is 1. The number of aryl methyl sites for hydroxylation is 1. The van der Waals surface area contributed by atoms with Crippen LogP contribution in [0.15, 0.2) is 30.5 Å². The average molecular weight is 364 g/mol. The van der Waals surface area contributed by atoms with E-state index < -0.39 is 6.43 Å². The molecule has 0 spiro atoms. The third-order valence-electron chi connectivity index (χ3n) is 4.67. The van der Waals surface area contributed by atoms with E-state index in [-0.39, 0.29) is 17.2 Å². The lowest BCUT2D eigenvalue weighted by atomic mass is 10.1. The summed E-state index contributed by atoms with van der Waals surface area (Å²) in [5, 5.41) is 3.81. The van der Waals surface area contributed by atoms with E-state index in [1.165, 1.54) is 13.2 Å². The molecule has 0 N–H and O–H groups in total. The van der Waals surface area contributed by atoms with E-state index in [1.54, 1.807) is 12.0 Å². The van der Waals surface area contributed by atoms with Gasteiger partial charge in [-0.2, -0.15) is 5.10 Å². The van der Waals surface area contributed by atoms with Crippen LogP contribution in [-0.4, -0.2) is 58.8 Å². The number of amides is 1. The molecule has 0 unspecified atom stereocenters. The average Bonchev–Trinajstić information content (AvgIpc) is 3.04. The van der Waals surface area contributed by atoms with Crippen LogP contribution in [0.2, 0.25) is 0 Å². The molecule has 3 rings (SSSR count). The fraction of sp³-hybridized carbons (Fsp3) is 0.444. The van der Waals surface area contributed by atoms with Gasteiger partial charge in [0.25, 0.3) is 12.3 Å². The van der Waals surface area contributed by atoms with Crippen LogP contribution < -0.4 is 4.74 Å². The molecule has 1 aromatic carbocycles. The summed E-state index contributed by atoms with van der Waals surface area (Å²) < 4.78 is 32.8. The van der Waals surface area contributed by atoms with E-state index >= 15 is 0 Å². The first-order valence-corrected chi connectivity index (χ1v) is 8.44. The van der Waals surface area contributed by atoms with Crippen molar-refractivity contribution in [3.63, 3.8) is 0 Å². The highest BCUT2D eigenvalue weighted by atomic mass is 19.3. The molecule has 1 aliphatic rings. The van der Waals surface area contributed by atoms with Crippen molar-refractivity contribution in [2.24, 2.45) is 7.05 Å². The van der Waals surface area contributed by atoms with Crippen molar-refractivity contribution in [3.05, 3.63) is 47.3 Å². The van der Waals surface area contributed by atoms with E-state index in [9.17, 15) is 13.6 Å². The largest absolute Gasteiger partial charge is 0.496 e. The highest BCUT2D eigenvalue weighted by Crippen LogP contribution is 2.24. The second-order valence-corrected chi connectivity index (χ2v) is 6.25. The normalized spacial score (nSPS) is 15.5. The summed E-state index contributed by atoms with van der Waals surface area (Å²) in [6.07, 6.45) is -1.50. The Labute approximate surface area is 151 Å². The molecule has 0 saturated carbocycles. The molecule has 1 aromatic heterocycles. The summed E-state index contributed by atoms with van der Waals surface area (Å²) in [5.74, 6) is 0.452. The number of ether oxygens (including phenoxy) is 1. The van der Waals surface area contributed by atoms with Crippen molar-refractivity contribution >= 4 is 5.91 Å².